The van der Waals surface area contributed by atoms with Gasteiger partial charge in [0, 0.05) is 42.0 Å². The highest BCUT2D eigenvalue weighted by Gasteiger charge is 2.30. The molecule has 6 heteroatoms. The average molecular weight is 509 g/mol. The van der Waals surface area contributed by atoms with Crippen molar-refractivity contribution in [3.05, 3.63) is 107 Å². The highest BCUT2D eigenvalue weighted by Crippen LogP contribution is 2.19. The minimum Gasteiger partial charge on any atom is -0.352 e. The van der Waals surface area contributed by atoms with Crippen molar-refractivity contribution >= 4 is 35.2 Å². The summed E-state index contributed by atoms with van der Waals surface area (Å²) >= 11 is 7.81. The number of hydrogen-bond acceptors (Lipinski definition) is 3. The second-order valence-electron chi connectivity index (χ2n) is 8.81. The first kappa shape index (κ1) is 26.8. The van der Waals surface area contributed by atoms with Crippen LogP contribution in [0.1, 0.15) is 37.0 Å². The number of rotatable bonds is 12. The Balaban J connectivity index is 1.78. The molecule has 35 heavy (non-hydrogen) atoms. The molecule has 3 rings (SSSR count). The monoisotopic (exact) mass is 508 g/mol. The maximum atomic E-state index is 13.6. The number of amides is 2. The van der Waals surface area contributed by atoms with E-state index >= 15 is 0 Å². The number of carbonyl (C=O) groups excluding carboxylic acids is 2. The van der Waals surface area contributed by atoms with Gasteiger partial charge in [-0.05, 0) is 42.7 Å². The van der Waals surface area contributed by atoms with Gasteiger partial charge in [-0.3, -0.25) is 9.59 Å². The molecule has 1 N–H and O–H groups in total. The predicted octanol–water partition coefficient (Wildman–Crippen LogP) is 6.13. The Morgan fingerprint density at radius 2 is 1.46 bits per heavy atom. The first-order valence-electron chi connectivity index (χ1n) is 11.9. The first-order chi connectivity index (χ1) is 16.9. The van der Waals surface area contributed by atoms with Gasteiger partial charge >= 0.3 is 0 Å². The third-order valence-corrected chi connectivity index (χ3v) is 6.82. The fraction of sp³-hybridized carbons (Fsp3) is 0.310. The lowest BCUT2D eigenvalue weighted by atomic mass is 10.0. The molecule has 0 spiro atoms. The molecule has 0 saturated carbocycles. The summed E-state index contributed by atoms with van der Waals surface area (Å²) in [7, 11) is 0. The molecule has 0 unspecified atom stereocenters. The summed E-state index contributed by atoms with van der Waals surface area (Å²) in [6, 6.07) is 26.9. The van der Waals surface area contributed by atoms with Gasteiger partial charge in [-0.2, -0.15) is 11.8 Å². The van der Waals surface area contributed by atoms with E-state index in [2.05, 4.69) is 17.4 Å². The summed E-state index contributed by atoms with van der Waals surface area (Å²) in [6.07, 6.45) is 0.821. The van der Waals surface area contributed by atoms with Crippen LogP contribution in [0.15, 0.2) is 84.9 Å². The lowest BCUT2D eigenvalue weighted by Gasteiger charge is -2.32. The number of nitrogens with zero attached hydrogens (tertiary/aromatic N) is 1. The van der Waals surface area contributed by atoms with Gasteiger partial charge in [0.2, 0.25) is 11.8 Å². The van der Waals surface area contributed by atoms with Crippen LogP contribution < -0.4 is 5.32 Å². The molecule has 0 radical (unpaired) electrons. The summed E-state index contributed by atoms with van der Waals surface area (Å²) in [6.45, 7) is 4.22. The SMILES string of the molecule is CC(C)NC(=O)[C@H](Cc1ccccc1)N(Cc1ccc(Cl)cc1)C(=O)CCSCc1ccccc1. The zero-order valence-corrected chi connectivity index (χ0v) is 21.9. The van der Waals surface area contributed by atoms with Crippen molar-refractivity contribution in [3.8, 4) is 0 Å². The third-order valence-electron chi connectivity index (χ3n) is 5.54. The number of thioether (sulfide) groups is 1. The Bertz CT molecular complexity index is 1060. The minimum absolute atomic E-state index is 0.0188. The molecule has 0 aliphatic rings. The third kappa shape index (κ3) is 9.08. The number of hydrogen-bond donors (Lipinski definition) is 1. The summed E-state index contributed by atoms with van der Waals surface area (Å²) in [5.41, 5.74) is 3.19. The maximum absolute atomic E-state index is 13.6. The van der Waals surface area contributed by atoms with E-state index in [1.54, 1.807) is 16.7 Å². The maximum Gasteiger partial charge on any atom is 0.243 e. The van der Waals surface area contributed by atoms with E-state index in [-0.39, 0.29) is 17.9 Å². The Hall–Kier alpha value is -2.76. The van der Waals surface area contributed by atoms with Crippen LogP contribution in [0.4, 0.5) is 0 Å². The number of halogens is 1. The fourth-order valence-electron chi connectivity index (χ4n) is 3.79. The molecule has 184 valence electrons. The molecule has 0 saturated heterocycles. The Morgan fingerprint density at radius 1 is 0.857 bits per heavy atom. The molecule has 0 fully saturated rings. The van der Waals surface area contributed by atoms with Crippen molar-refractivity contribution in [2.24, 2.45) is 0 Å². The molecule has 3 aromatic rings. The van der Waals surface area contributed by atoms with Crippen LogP contribution in [0.3, 0.4) is 0 Å². The summed E-state index contributed by atoms with van der Waals surface area (Å²) < 4.78 is 0. The van der Waals surface area contributed by atoms with E-state index < -0.39 is 6.04 Å². The zero-order chi connectivity index (χ0) is 25.0. The standard InChI is InChI=1S/C29H33ClN2O2S/c1-22(2)31-29(34)27(19-23-9-5-3-6-10-23)32(20-24-13-15-26(30)16-14-24)28(33)17-18-35-21-25-11-7-4-8-12-25/h3-16,22,27H,17-21H2,1-2H3,(H,31,34)/t27-/m0/s1. The molecule has 3 aromatic carbocycles. The number of nitrogens with one attached hydrogen (secondary N) is 1. The lowest BCUT2D eigenvalue weighted by molar-refractivity contribution is -0.141. The highest BCUT2D eigenvalue weighted by atomic mass is 35.5. The van der Waals surface area contributed by atoms with Crippen LogP contribution in [0.2, 0.25) is 5.02 Å². The molecule has 0 bridgehead atoms. The quantitative estimate of drug-likeness (QED) is 0.299. The molecule has 0 aromatic heterocycles. The van der Waals surface area contributed by atoms with E-state index in [4.69, 9.17) is 11.6 Å². The first-order valence-corrected chi connectivity index (χ1v) is 13.5. The lowest BCUT2D eigenvalue weighted by Crippen LogP contribution is -2.51. The van der Waals surface area contributed by atoms with Gasteiger partial charge in [0.25, 0.3) is 0 Å². The normalized spacial score (nSPS) is 11.8. The van der Waals surface area contributed by atoms with Gasteiger partial charge in [0.15, 0.2) is 0 Å². The minimum atomic E-state index is -0.609. The fourth-order valence-corrected chi connectivity index (χ4v) is 4.81. The summed E-state index contributed by atoms with van der Waals surface area (Å²) in [5.74, 6) is 1.38. The Kier molecular flexibility index (Phi) is 10.7. The van der Waals surface area contributed by atoms with Crippen molar-refractivity contribution in [1.29, 1.82) is 0 Å². The molecular weight excluding hydrogens is 476 g/mol. The van der Waals surface area contributed by atoms with E-state index in [9.17, 15) is 9.59 Å². The molecular formula is C29H33ClN2O2S. The Labute approximate surface area is 218 Å². The van der Waals surface area contributed by atoms with Crippen molar-refractivity contribution in [1.82, 2.24) is 10.2 Å². The molecule has 0 aliphatic heterocycles. The van der Waals surface area contributed by atoms with E-state index in [0.717, 1.165) is 16.9 Å². The van der Waals surface area contributed by atoms with Crippen molar-refractivity contribution in [3.63, 3.8) is 0 Å². The molecule has 0 aliphatic carbocycles. The second-order valence-corrected chi connectivity index (χ2v) is 10.3. The van der Waals surface area contributed by atoms with Gasteiger partial charge < -0.3 is 10.2 Å². The van der Waals surface area contributed by atoms with Gasteiger partial charge in [-0.1, -0.05) is 84.4 Å². The van der Waals surface area contributed by atoms with Crippen molar-refractivity contribution in [2.75, 3.05) is 5.75 Å². The smallest absolute Gasteiger partial charge is 0.243 e. The van der Waals surface area contributed by atoms with E-state index in [1.165, 1.54) is 5.56 Å². The van der Waals surface area contributed by atoms with Crippen LogP contribution >= 0.6 is 23.4 Å². The largest absolute Gasteiger partial charge is 0.352 e. The second kappa shape index (κ2) is 14.0. The molecule has 2 amide bonds. The van der Waals surface area contributed by atoms with Gasteiger partial charge in [0.05, 0.1) is 0 Å². The van der Waals surface area contributed by atoms with Crippen LogP contribution in [0, 0.1) is 0 Å². The van der Waals surface area contributed by atoms with Gasteiger partial charge in [-0.25, -0.2) is 0 Å². The zero-order valence-electron chi connectivity index (χ0n) is 20.3. The van der Waals surface area contributed by atoms with Gasteiger partial charge in [-0.15, -0.1) is 0 Å². The van der Waals surface area contributed by atoms with Gasteiger partial charge in [0.1, 0.15) is 6.04 Å². The number of benzene rings is 3. The van der Waals surface area contributed by atoms with Crippen LogP contribution in [0.5, 0.6) is 0 Å². The Morgan fingerprint density at radius 3 is 2.06 bits per heavy atom. The van der Waals surface area contributed by atoms with Crippen molar-refractivity contribution in [2.45, 2.75) is 51.1 Å². The van der Waals surface area contributed by atoms with Crippen LogP contribution in [-0.4, -0.2) is 34.6 Å². The topological polar surface area (TPSA) is 49.4 Å². The van der Waals surface area contributed by atoms with E-state index in [0.29, 0.717) is 30.2 Å². The van der Waals surface area contributed by atoms with Crippen molar-refractivity contribution < 1.29 is 9.59 Å². The number of carbonyl (C=O) groups is 2. The average Bonchev–Trinajstić information content (AvgIpc) is 2.86. The predicted molar refractivity (Wildman–Crippen MR) is 146 cm³/mol. The van der Waals surface area contributed by atoms with E-state index in [1.807, 2.05) is 86.6 Å². The summed E-state index contributed by atoms with van der Waals surface area (Å²) in [5, 5.41) is 3.66. The van der Waals surface area contributed by atoms with Crippen LogP contribution in [-0.2, 0) is 28.3 Å². The summed E-state index contributed by atoms with van der Waals surface area (Å²) in [4.78, 5) is 28.6. The molecule has 4 nitrogen and oxygen atoms in total. The van der Waals surface area contributed by atoms with Crippen LogP contribution in [0.25, 0.3) is 0 Å². The highest BCUT2D eigenvalue weighted by molar-refractivity contribution is 7.98. The molecule has 1 atom stereocenters. The molecule has 0 heterocycles.